The summed E-state index contributed by atoms with van der Waals surface area (Å²) in [5, 5.41) is 2.97. The second-order valence-corrected chi connectivity index (χ2v) is 10.6. The van der Waals surface area contributed by atoms with Crippen LogP contribution in [0, 0.1) is 5.82 Å². The molecule has 1 aliphatic heterocycles. The molecule has 1 N–H and O–H groups in total. The number of Topliss-reactive ketones (excluding diaryl/α,β-unsaturated/α-hetero) is 1. The fraction of sp³-hybridized carbons (Fsp3) is 0.393. The molecule has 0 spiro atoms. The molecule has 0 radical (unpaired) electrons. The van der Waals surface area contributed by atoms with E-state index < -0.39 is 23.3 Å². The molecule has 39 heavy (non-hydrogen) atoms. The minimum absolute atomic E-state index is 0.0279. The van der Waals surface area contributed by atoms with Gasteiger partial charge >= 0.3 is 6.11 Å². The van der Waals surface area contributed by atoms with Crippen LogP contribution in [0.15, 0.2) is 47.4 Å². The average Bonchev–Trinajstić information content (AvgIpc) is 3.71. The number of alkyl halides is 2. The van der Waals surface area contributed by atoms with E-state index in [0.717, 1.165) is 18.9 Å². The third-order valence-electron chi connectivity index (χ3n) is 7.02. The van der Waals surface area contributed by atoms with Crippen molar-refractivity contribution in [1.82, 2.24) is 14.8 Å². The normalized spacial score (nSPS) is 16.8. The molecule has 1 aliphatic carbocycles. The summed E-state index contributed by atoms with van der Waals surface area (Å²) in [6, 6.07) is 8.03. The molecule has 0 unspecified atom stereocenters. The van der Waals surface area contributed by atoms with E-state index in [9.17, 15) is 27.6 Å². The third kappa shape index (κ3) is 6.28. The first-order chi connectivity index (χ1) is 18.5. The predicted molar refractivity (Wildman–Crippen MR) is 140 cm³/mol. The molecule has 1 aromatic heterocycles. The van der Waals surface area contributed by atoms with Crippen LogP contribution < -0.4 is 15.5 Å². The lowest BCUT2D eigenvalue weighted by atomic mass is 10.0. The van der Waals surface area contributed by atoms with Gasteiger partial charge in [0.1, 0.15) is 17.1 Å². The van der Waals surface area contributed by atoms with Crippen molar-refractivity contribution in [2.75, 3.05) is 19.6 Å². The Morgan fingerprint density at radius 1 is 1.10 bits per heavy atom. The molecule has 2 aliphatic rings. The first-order valence-corrected chi connectivity index (χ1v) is 13.1. The standard InChI is InChI=1S/C28H27ClF3N3O4/c1-28(31,32)39-19-6-2-16(3-7-19)25(36)15-34-10-8-17(9-11-34)33-27(38)21-14-35(18-4-5-18)24-13-22(29)23(30)12-20(24)26(21)37/h2-3,6-7,12-14,17-18H,4-5,8-11,15H2,1H3,(H,33,38). The molecule has 2 fully saturated rings. The van der Waals surface area contributed by atoms with Gasteiger partial charge in [0.05, 0.1) is 17.1 Å². The molecule has 2 heterocycles. The van der Waals surface area contributed by atoms with Crippen molar-refractivity contribution >= 4 is 34.2 Å². The molecule has 2 aromatic carbocycles. The van der Waals surface area contributed by atoms with E-state index in [1.807, 2.05) is 9.47 Å². The van der Waals surface area contributed by atoms with E-state index in [1.54, 1.807) is 0 Å². The number of carbonyl (C=O) groups is 2. The molecule has 0 atom stereocenters. The van der Waals surface area contributed by atoms with E-state index in [-0.39, 0.29) is 46.1 Å². The van der Waals surface area contributed by atoms with E-state index in [0.29, 0.717) is 43.9 Å². The number of ether oxygens (including phenoxy) is 1. The Kier molecular flexibility index (Phi) is 7.43. The summed E-state index contributed by atoms with van der Waals surface area (Å²) in [6.45, 7) is 1.89. The van der Waals surface area contributed by atoms with Gasteiger partial charge in [-0.1, -0.05) is 11.6 Å². The number of rotatable bonds is 8. The molecule has 1 saturated carbocycles. The summed E-state index contributed by atoms with van der Waals surface area (Å²) < 4.78 is 46.4. The smallest absolute Gasteiger partial charge is 0.394 e. The summed E-state index contributed by atoms with van der Waals surface area (Å²) in [5.41, 5.74) is 0.311. The summed E-state index contributed by atoms with van der Waals surface area (Å²) >= 11 is 5.95. The molecular formula is C28H27ClF3N3O4. The molecular weight excluding hydrogens is 535 g/mol. The van der Waals surface area contributed by atoms with Crippen molar-refractivity contribution in [2.24, 2.45) is 0 Å². The highest BCUT2D eigenvalue weighted by molar-refractivity contribution is 6.31. The van der Waals surface area contributed by atoms with Gasteiger partial charge in [-0.3, -0.25) is 19.3 Å². The minimum atomic E-state index is -3.31. The Morgan fingerprint density at radius 2 is 1.77 bits per heavy atom. The lowest BCUT2D eigenvalue weighted by molar-refractivity contribution is -0.158. The lowest BCUT2D eigenvalue weighted by Crippen LogP contribution is -2.46. The van der Waals surface area contributed by atoms with Gasteiger partial charge in [-0.25, -0.2) is 4.39 Å². The van der Waals surface area contributed by atoms with Gasteiger partial charge in [0, 0.05) is 49.2 Å². The maximum absolute atomic E-state index is 14.2. The zero-order valence-electron chi connectivity index (χ0n) is 21.2. The van der Waals surface area contributed by atoms with Crippen LogP contribution in [0.5, 0.6) is 5.75 Å². The number of halogens is 4. The number of ketones is 1. The highest BCUT2D eigenvalue weighted by atomic mass is 35.5. The molecule has 3 aromatic rings. The molecule has 7 nitrogen and oxygen atoms in total. The van der Waals surface area contributed by atoms with Gasteiger partial charge in [0.2, 0.25) is 5.43 Å². The number of hydrogen-bond donors (Lipinski definition) is 1. The van der Waals surface area contributed by atoms with Crippen molar-refractivity contribution in [3.05, 3.63) is 74.8 Å². The summed E-state index contributed by atoms with van der Waals surface area (Å²) in [7, 11) is 0. The number of likely N-dealkylation sites (tertiary alicyclic amines) is 1. The van der Waals surface area contributed by atoms with Gasteiger partial charge < -0.3 is 14.6 Å². The van der Waals surface area contributed by atoms with E-state index in [4.69, 9.17) is 11.6 Å². The highest BCUT2D eigenvalue weighted by Crippen LogP contribution is 2.37. The molecule has 5 rings (SSSR count). The van der Waals surface area contributed by atoms with Crippen LogP contribution in [-0.4, -0.2) is 52.9 Å². The molecule has 1 saturated heterocycles. The van der Waals surface area contributed by atoms with Crippen molar-refractivity contribution in [2.45, 2.75) is 50.8 Å². The van der Waals surface area contributed by atoms with E-state index in [2.05, 4.69) is 10.1 Å². The Hall–Kier alpha value is -3.37. The topological polar surface area (TPSA) is 80.6 Å². The number of pyridine rings is 1. The number of nitrogens with zero attached hydrogens (tertiary/aromatic N) is 2. The number of aromatic nitrogens is 1. The number of amides is 1. The SMILES string of the molecule is CC(F)(F)Oc1ccc(C(=O)CN2CCC(NC(=O)c3cn(C4CC4)c4cc(Cl)c(F)cc4c3=O)CC2)cc1. The fourth-order valence-corrected chi connectivity index (χ4v) is 5.03. The number of piperidine rings is 1. The van der Waals surface area contributed by atoms with Gasteiger partial charge in [-0.05, 0) is 62.1 Å². The average molecular weight is 562 g/mol. The number of carbonyl (C=O) groups excluding carboxylic acids is 2. The van der Waals surface area contributed by atoms with Gasteiger partial charge in [0.25, 0.3) is 5.91 Å². The summed E-state index contributed by atoms with van der Waals surface area (Å²) in [4.78, 5) is 40.8. The minimum Gasteiger partial charge on any atom is -0.433 e. The molecule has 0 bridgehead atoms. The highest BCUT2D eigenvalue weighted by Gasteiger charge is 2.29. The zero-order chi connectivity index (χ0) is 27.9. The Morgan fingerprint density at radius 3 is 2.38 bits per heavy atom. The van der Waals surface area contributed by atoms with Crippen molar-refractivity contribution in [1.29, 1.82) is 0 Å². The Bertz CT molecular complexity index is 1470. The second-order valence-electron chi connectivity index (χ2n) is 10.2. The van der Waals surface area contributed by atoms with Crippen LogP contribution in [0.2, 0.25) is 5.02 Å². The first-order valence-electron chi connectivity index (χ1n) is 12.8. The number of hydrogen-bond acceptors (Lipinski definition) is 5. The van der Waals surface area contributed by atoms with Crippen LogP contribution >= 0.6 is 11.6 Å². The van der Waals surface area contributed by atoms with Crippen LogP contribution in [0.3, 0.4) is 0 Å². The second kappa shape index (κ2) is 10.7. The van der Waals surface area contributed by atoms with Gasteiger partial charge in [-0.15, -0.1) is 0 Å². The summed E-state index contributed by atoms with van der Waals surface area (Å²) in [5.74, 6) is -1.41. The maximum atomic E-state index is 14.2. The molecule has 206 valence electrons. The Labute approximate surface area is 227 Å². The van der Waals surface area contributed by atoms with Crippen LogP contribution in [0.4, 0.5) is 13.2 Å². The third-order valence-corrected chi connectivity index (χ3v) is 7.31. The van der Waals surface area contributed by atoms with Gasteiger partial charge in [-0.2, -0.15) is 8.78 Å². The van der Waals surface area contributed by atoms with Crippen LogP contribution in [0.1, 0.15) is 59.4 Å². The quantitative estimate of drug-likeness (QED) is 0.383. The van der Waals surface area contributed by atoms with Crippen molar-refractivity contribution in [3.8, 4) is 5.75 Å². The van der Waals surface area contributed by atoms with Gasteiger partial charge in [0.15, 0.2) is 5.78 Å². The van der Waals surface area contributed by atoms with E-state index in [1.165, 1.54) is 36.5 Å². The maximum Gasteiger partial charge on any atom is 0.394 e. The largest absolute Gasteiger partial charge is 0.433 e. The van der Waals surface area contributed by atoms with Crippen LogP contribution in [-0.2, 0) is 0 Å². The molecule has 1 amide bonds. The van der Waals surface area contributed by atoms with Crippen LogP contribution in [0.25, 0.3) is 10.9 Å². The van der Waals surface area contributed by atoms with Crippen molar-refractivity contribution < 1.29 is 27.5 Å². The number of benzene rings is 2. The Balaban J connectivity index is 1.20. The number of fused-ring (bicyclic) bond motifs is 1. The van der Waals surface area contributed by atoms with Crippen molar-refractivity contribution in [3.63, 3.8) is 0 Å². The monoisotopic (exact) mass is 561 g/mol. The summed E-state index contributed by atoms with van der Waals surface area (Å²) in [6.07, 6.45) is 1.19. The van der Waals surface area contributed by atoms with E-state index >= 15 is 0 Å². The number of nitrogens with one attached hydrogen (secondary N) is 1. The predicted octanol–water partition coefficient (Wildman–Crippen LogP) is 5.20. The fourth-order valence-electron chi connectivity index (χ4n) is 4.87. The first kappa shape index (κ1) is 27.2. The molecule has 11 heteroatoms. The zero-order valence-corrected chi connectivity index (χ0v) is 21.9. The lowest BCUT2D eigenvalue weighted by Gasteiger charge is -2.31.